The summed E-state index contributed by atoms with van der Waals surface area (Å²) in [7, 11) is 0. The van der Waals surface area contributed by atoms with Crippen molar-refractivity contribution in [3.8, 4) is 11.1 Å². The maximum atomic E-state index is 13.6. The predicted octanol–water partition coefficient (Wildman–Crippen LogP) is 5.47. The van der Waals surface area contributed by atoms with Crippen molar-refractivity contribution in [2.45, 2.75) is 0 Å². The lowest BCUT2D eigenvalue weighted by molar-refractivity contribution is 1.05. The fraction of sp³-hybridized carbons (Fsp3) is 0. The summed E-state index contributed by atoms with van der Waals surface area (Å²) in [6.07, 6.45) is 0. The molecule has 0 saturated carbocycles. The Morgan fingerprint density at radius 3 is 2.19 bits per heavy atom. The molecule has 0 radical (unpaired) electrons. The molecule has 3 aromatic heterocycles. The maximum Gasteiger partial charge on any atom is 0.268 e. The molecule has 0 aliphatic carbocycles. The average molecular weight is 412 g/mol. The third kappa shape index (κ3) is 2.25. The molecule has 7 rings (SSSR count). The van der Waals surface area contributed by atoms with Crippen LogP contribution in [0, 0.1) is 0 Å². The number of para-hydroxylation sites is 2. The molecular weight excluding hydrogens is 396 g/mol. The van der Waals surface area contributed by atoms with Gasteiger partial charge >= 0.3 is 0 Å². The molecule has 0 amide bonds. The monoisotopic (exact) mass is 412 g/mol. The van der Waals surface area contributed by atoms with Crippen molar-refractivity contribution in [1.82, 2.24) is 18.8 Å². The zero-order chi connectivity index (χ0) is 21.2. The molecule has 0 bridgehead atoms. The normalized spacial score (nSPS) is 11.9. The lowest BCUT2D eigenvalue weighted by Gasteiger charge is -2.10. The van der Waals surface area contributed by atoms with Crippen LogP contribution >= 0.6 is 0 Å². The van der Waals surface area contributed by atoms with E-state index >= 15 is 0 Å². The van der Waals surface area contributed by atoms with Gasteiger partial charge in [0.2, 0.25) is 5.78 Å². The molecule has 5 heteroatoms. The van der Waals surface area contributed by atoms with Gasteiger partial charge in [-0.1, -0.05) is 60.7 Å². The van der Waals surface area contributed by atoms with Crippen LogP contribution in [0.2, 0.25) is 0 Å². The Hall–Kier alpha value is -4.51. The van der Waals surface area contributed by atoms with E-state index in [9.17, 15) is 4.79 Å². The third-order valence-electron chi connectivity index (χ3n) is 6.11. The average Bonchev–Trinajstić information content (AvgIpc) is 3.23. The Labute approximate surface area is 181 Å². The van der Waals surface area contributed by atoms with Crippen molar-refractivity contribution in [3.05, 3.63) is 107 Å². The van der Waals surface area contributed by atoms with E-state index in [1.165, 1.54) is 0 Å². The second-order valence-corrected chi connectivity index (χ2v) is 7.93. The fourth-order valence-corrected chi connectivity index (χ4v) is 4.62. The Bertz CT molecular complexity index is 1900. The molecule has 0 fully saturated rings. The van der Waals surface area contributed by atoms with Crippen molar-refractivity contribution in [1.29, 1.82) is 0 Å². The minimum absolute atomic E-state index is 0.111. The summed E-state index contributed by atoms with van der Waals surface area (Å²) in [5.41, 5.74) is 6.21. The first-order valence-corrected chi connectivity index (χ1v) is 10.5. The predicted molar refractivity (Wildman–Crippen MR) is 128 cm³/mol. The molecule has 7 aromatic rings. The van der Waals surface area contributed by atoms with E-state index in [1.54, 1.807) is 4.40 Å². The van der Waals surface area contributed by atoms with Crippen LogP contribution in [0.25, 0.3) is 55.4 Å². The highest BCUT2D eigenvalue weighted by atomic mass is 16.1. The molecule has 5 nitrogen and oxygen atoms in total. The summed E-state index contributed by atoms with van der Waals surface area (Å²) < 4.78 is 3.72. The quantitative estimate of drug-likeness (QED) is 0.265. The van der Waals surface area contributed by atoms with E-state index in [1.807, 2.05) is 66.7 Å². The highest BCUT2D eigenvalue weighted by Crippen LogP contribution is 2.29. The summed E-state index contributed by atoms with van der Waals surface area (Å²) in [4.78, 5) is 23.3. The van der Waals surface area contributed by atoms with Crippen LogP contribution in [-0.2, 0) is 0 Å². The Morgan fingerprint density at radius 2 is 1.31 bits per heavy atom. The second-order valence-electron chi connectivity index (χ2n) is 7.93. The van der Waals surface area contributed by atoms with E-state index in [0.29, 0.717) is 22.3 Å². The van der Waals surface area contributed by atoms with Gasteiger partial charge in [-0.15, -0.1) is 0 Å². The summed E-state index contributed by atoms with van der Waals surface area (Å²) in [6, 6.07) is 32.0. The molecule has 0 saturated heterocycles. The molecule has 4 aromatic carbocycles. The highest BCUT2D eigenvalue weighted by Gasteiger charge is 2.17. The first-order chi connectivity index (χ1) is 15.8. The summed E-state index contributed by atoms with van der Waals surface area (Å²) in [5, 5.41) is 1.49. The van der Waals surface area contributed by atoms with Crippen LogP contribution in [0.15, 0.2) is 102 Å². The van der Waals surface area contributed by atoms with Crippen LogP contribution < -0.4 is 5.56 Å². The van der Waals surface area contributed by atoms with E-state index in [-0.39, 0.29) is 5.56 Å². The first kappa shape index (κ1) is 17.2. The second kappa shape index (κ2) is 6.25. The number of aromatic nitrogens is 4. The number of hydrogen-bond acceptors (Lipinski definition) is 3. The van der Waals surface area contributed by atoms with E-state index in [0.717, 1.165) is 33.1 Å². The zero-order valence-electron chi connectivity index (χ0n) is 16.9. The maximum absolute atomic E-state index is 13.6. The topological polar surface area (TPSA) is 51.7 Å². The van der Waals surface area contributed by atoms with E-state index in [2.05, 4.69) is 34.7 Å². The van der Waals surface area contributed by atoms with E-state index < -0.39 is 0 Å². The van der Waals surface area contributed by atoms with Crippen molar-refractivity contribution < 1.29 is 0 Å². The van der Waals surface area contributed by atoms with Crippen molar-refractivity contribution in [2.75, 3.05) is 0 Å². The van der Waals surface area contributed by atoms with Crippen LogP contribution in [0.4, 0.5) is 0 Å². The molecule has 0 aliphatic rings. The van der Waals surface area contributed by atoms with Gasteiger partial charge in [0.25, 0.3) is 5.56 Å². The van der Waals surface area contributed by atoms with Gasteiger partial charge < -0.3 is 0 Å². The lowest BCUT2D eigenvalue weighted by Crippen LogP contribution is -2.18. The van der Waals surface area contributed by atoms with Gasteiger partial charge in [-0.25, -0.2) is 14.4 Å². The Kier molecular flexibility index (Phi) is 3.36. The minimum atomic E-state index is -0.111. The zero-order valence-corrected chi connectivity index (χ0v) is 16.9. The van der Waals surface area contributed by atoms with Crippen LogP contribution in [0.3, 0.4) is 0 Å². The number of hydrogen-bond donors (Lipinski definition) is 0. The summed E-state index contributed by atoms with van der Waals surface area (Å²) >= 11 is 0. The summed E-state index contributed by atoms with van der Waals surface area (Å²) in [5.74, 6) is 0.571. The van der Waals surface area contributed by atoms with Gasteiger partial charge in [0, 0.05) is 5.39 Å². The van der Waals surface area contributed by atoms with E-state index in [4.69, 9.17) is 9.97 Å². The van der Waals surface area contributed by atoms with Crippen LogP contribution in [-0.4, -0.2) is 18.8 Å². The Morgan fingerprint density at radius 1 is 0.562 bits per heavy atom. The minimum Gasteiger partial charge on any atom is -0.277 e. The number of rotatable bonds is 1. The molecule has 0 aliphatic heterocycles. The smallest absolute Gasteiger partial charge is 0.268 e. The molecule has 0 spiro atoms. The van der Waals surface area contributed by atoms with Crippen molar-refractivity contribution >= 4 is 44.3 Å². The van der Waals surface area contributed by atoms with Gasteiger partial charge in [0.1, 0.15) is 0 Å². The van der Waals surface area contributed by atoms with Crippen LogP contribution in [0.1, 0.15) is 0 Å². The number of imidazole rings is 1. The molecule has 0 unspecified atom stereocenters. The molecule has 3 heterocycles. The SMILES string of the molecule is O=c1c2ccccc2nc2c3ccccc3n3c4cc(-c5ccccc5)ccc4nc3n12. The summed E-state index contributed by atoms with van der Waals surface area (Å²) in [6.45, 7) is 0. The third-order valence-corrected chi connectivity index (χ3v) is 6.11. The lowest BCUT2D eigenvalue weighted by atomic mass is 10.1. The molecule has 0 N–H and O–H groups in total. The Balaban J connectivity index is 1.74. The van der Waals surface area contributed by atoms with Gasteiger partial charge in [-0.3, -0.25) is 9.20 Å². The fourth-order valence-electron chi connectivity index (χ4n) is 4.62. The first-order valence-electron chi connectivity index (χ1n) is 10.5. The van der Waals surface area contributed by atoms with Gasteiger partial charge in [0.15, 0.2) is 5.65 Å². The molecular formula is C27H16N4O. The standard InChI is InChI=1S/C27H16N4O/c32-26-19-10-4-6-12-21(19)28-25-20-11-5-7-13-23(20)30-24-16-18(17-8-2-1-3-9-17)14-15-22(24)29-27(30)31(25)26/h1-16H. The molecule has 32 heavy (non-hydrogen) atoms. The van der Waals surface area contributed by atoms with Crippen LogP contribution in [0.5, 0.6) is 0 Å². The number of benzene rings is 4. The van der Waals surface area contributed by atoms with Crippen molar-refractivity contribution in [2.24, 2.45) is 0 Å². The number of nitrogens with zero attached hydrogens (tertiary/aromatic N) is 4. The van der Waals surface area contributed by atoms with Gasteiger partial charge in [-0.05, 0) is 47.5 Å². The van der Waals surface area contributed by atoms with Gasteiger partial charge in [0.05, 0.1) is 27.5 Å². The molecule has 150 valence electrons. The number of fused-ring (bicyclic) bond motifs is 9. The largest absolute Gasteiger partial charge is 0.277 e. The van der Waals surface area contributed by atoms with Gasteiger partial charge in [-0.2, -0.15) is 0 Å². The highest BCUT2D eigenvalue weighted by molar-refractivity contribution is 5.99. The van der Waals surface area contributed by atoms with Crippen molar-refractivity contribution in [3.63, 3.8) is 0 Å². The molecule has 0 atom stereocenters.